The number of allylic oxidation sites excluding steroid dienone is 3. The van der Waals surface area contributed by atoms with Crippen molar-refractivity contribution < 1.29 is 19.8 Å². The number of ketones is 1. The van der Waals surface area contributed by atoms with Gasteiger partial charge in [0.2, 0.25) is 0 Å². The molecule has 0 saturated heterocycles. The molecule has 2 rings (SSSR count). The molecule has 0 aliphatic carbocycles. The predicted octanol–water partition coefficient (Wildman–Crippen LogP) is 4.66. The van der Waals surface area contributed by atoms with Gasteiger partial charge in [0.05, 0.1) is 0 Å². The number of aliphatic hydroxyl groups is 1. The quantitative estimate of drug-likeness (QED) is 0.413. The van der Waals surface area contributed by atoms with Gasteiger partial charge in [0.15, 0.2) is 5.78 Å². The highest BCUT2D eigenvalue weighted by Gasteiger charge is 2.13. The molecule has 2 aromatic rings. The number of aliphatic carboxylic acids is 1. The molecule has 0 aliphatic heterocycles. The van der Waals surface area contributed by atoms with Crippen LogP contribution in [0.3, 0.4) is 0 Å². The Morgan fingerprint density at radius 3 is 1.73 bits per heavy atom. The zero-order valence-corrected chi connectivity index (χ0v) is 14.2. The van der Waals surface area contributed by atoms with E-state index in [1.165, 1.54) is 12.2 Å². The van der Waals surface area contributed by atoms with Crippen LogP contribution in [0.2, 0.25) is 0 Å². The van der Waals surface area contributed by atoms with Crippen molar-refractivity contribution in [1.29, 1.82) is 0 Å². The second kappa shape index (κ2) is 9.79. The highest BCUT2D eigenvalue weighted by Crippen LogP contribution is 2.15. The Balaban J connectivity index is 2.23. The van der Waals surface area contributed by atoms with Gasteiger partial charge in [-0.25, -0.2) is 0 Å². The van der Waals surface area contributed by atoms with Crippen molar-refractivity contribution in [3.05, 3.63) is 95.3 Å². The topological polar surface area (TPSA) is 74.6 Å². The molecule has 0 aromatic heterocycles. The molecule has 4 heteroatoms. The van der Waals surface area contributed by atoms with E-state index in [9.17, 15) is 14.7 Å². The number of carboxylic acids is 1. The van der Waals surface area contributed by atoms with E-state index in [2.05, 4.69) is 0 Å². The van der Waals surface area contributed by atoms with E-state index >= 15 is 0 Å². The second-order valence-electron chi connectivity index (χ2n) is 5.61. The summed E-state index contributed by atoms with van der Waals surface area (Å²) < 4.78 is 0. The maximum absolute atomic E-state index is 12.5. The molecule has 0 fully saturated rings. The number of hydrogen-bond donors (Lipinski definition) is 2. The van der Waals surface area contributed by atoms with Crippen LogP contribution in [-0.2, 0) is 9.59 Å². The molecule has 0 heterocycles. The molecule has 0 spiro atoms. The van der Waals surface area contributed by atoms with Gasteiger partial charge in [0.1, 0.15) is 5.76 Å². The summed E-state index contributed by atoms with van der Waals surface area (Å²) in [6, 6.07) is 18.6. The average molecular weight is 348 g/mol. The zero-order chi connectivity index (χ0) is 18.8. The Bertz CT molecular complexity index is 831. The molecule has 0 saturated carbocycles. The summed E-state index contributed by atoms with van der Waals surface area (Å²) in [5, 5.41) is 19.2. The molecule has 2 aromatic carbocycles. The number of benzene rings is 2. The second-order valence-corrected chi connectivity index (χ2v) is 5.61. The van der Waals surface area contributed by atoms with E-state index in [0.717, 1.165) is 11.1 Å². The summed E-state index contributed by atoms with van der Waals surface area (Å²) in [5.74, 6) is -1.66. The smallest absolute Gasteiger partial charge is 0.303 e. The molecule has 0 radical (unpaired) electrons. The van der Waals surface area contributed by atoms with Crippen molar-refractivity contribution >= 4 is 23.9 Å². The van der Waals surface area contributed by atoms with Gasteiger partial charge in [-0.15, -0.1) is 0 Å². The van der Waals surface area contributed by atoms with Crippen molar-refractivity contribution in [2.45, 2.75) is 12.8 Å². The van der Waals surface area contributed by atoms with E-state index in [-0.39, 0.29) is 24.2 Å². The summed E-state index contributed by atoms with van der Waals surface area (Å²) in [6.45, 7) is 0. The molecule has 0 amide bonds. The van der Waals surface area contributed by atoms with Gasteiger partial charge >= 0.3 is 5.97 Å². The van der Waals surface area contributed by atoms with Crippen LogP contribution < -0.4 is 0 Å². The van der Waals surface area contributed by atoms with Crippen LogP contribution in [0, 0.1) is 0 Å². The number of hydrogen-bond acceptors (Lipinski definition) is 3. The zero-order valence-electron chi connectivity index (χ0n) is 14.2. The molecule has 0 bridgehead atoms. The predicted molar refractivity (Wildman–Crippen MR) is 102 cm³/mol. The SMILES string of the molecule is O=C(O)CC/C(C(=O)/C=C/c1ccccc1)=C(O)\C=C\c1ccccc1. The first kappa shape index (κ1) is 18.9. The van der Waals surface area contributed by atoms with Gasteiger partial charge in [-0.2, -0.15) is 0 Å². The monoisotopic (exact) mass is 348 g/mol. The van der Waals surface area contributed by atoms with Crippen LogP contribution >= 0.6 is 0 Å². The summed E-state index contributed by atoms with van der Waals surface area (Å²) in [4.78, 5) is 23.3. The number of aliphatic hydroxyl groups excluding tert-OH is 1. The minimum Gasteiger partial charge on any atom is -0.508 e. The van der Waals surface area contributed by atoms with Gasteiger partial charge in [-0.3, -0.25) is 9.59 Å². The lowest BCUT2D eigenvalue weighted by Crippen LogP contribution is -2.05. The maximum Gasteiger partial charge on any atom is 0.303 e. The molecular weight excluding hydrogens is 328 g/mol. The maximum atomic E-state index is 12.5. The number of rotatable bonds is 8. The molecule has 0 unspecified atom stereocenters. The van der Waals surface area contributed by atoms with Gasteiger partial charge in [0, 0.05) is 12.0 Å². The molecule has 2 N–H and O–H groups in total. The Labute approximate surface area is 152 Å². The molecule has 0 aliphatic rings. The van der Waals surface area contributed by atoms with Crippen molar-refractivity contribution in [3.63, 3.8) is 0 Å². The Kier molecular flexibility index (Phi) is 7.13. The molecule has 0 atom stereocenters. The number of carbonyl (C=O) groups is 2. The lowest BCUT2D eigenvalue weighted by atomic mass is 10.0. The third kappa shape index (κ3) is 6.24. The van der Waals surface area contributed by atoms with Gasteiger partial charge in [-0.1, -0.05) is 72.8 Å². The van der Waals surface area contributed by atoms with Gasteiger partial charge in [-0.05, 0) is 29.7 Å². The summed E-state index contributed by atoms with van der Waals surface area (Å²) >= 11 is 0. The van der Waals surface area contributed by atoms with Crippen LogP contribution in [0.5, 0.6) is 0 Å². The van der Waals surface area contributed by atoms with E-state index in [0.29, 0.717) is 0 Å². The van der Waals surface area contributed by atoms with E-state index < -0.39 is 11.8 Å². The minimum atomic E-state index is -1.03. The summed E-state index contributed by atoms with van der Waals surface area (Å²) in [6.07, 6.45) is 5.79. The van der Waals surface area contributed by atoms with Crippen molar-refractivity contribution in [1.82, 2.24) is 0 Å². The number of carbonyl (C=O) groups excluding carboxylic acids is 1. The molecule has 4 nitrogen and oxygen atoms in total. The van der Waals surface area contributed by atoms with Crippen LogP contribution in [0.25, 0.3) is 12.2 Å². The fourth-order valence-corrected chi connectivity index (χ4v) is 2.29. The van der Waals surface area contributed by atoms with E-state index in [4.69, 9.17) is 5.11 Å². The van der Waals surface area contributed by atoms with E-state index in [1.807, 2.05) is 60.7 Å². The third-order valence-electron chi connectivity index (χ3n) is 3.66. The van der Waals surface area contributed by atoms with Crippen LogP contribution in [0.15, 0.2) is 84.1 Å². The van der Waals surface area contributed by atoms with Crippen molar-refractivity contribution in [2.24, 2.45) is 0 Å². The molecule has 26 heavy (non-hydrogen) atoms. The average Bonchev–Trinajstić information content (AvgIpc) is 2.66. The lowest BCUT2D eigenvalue weighted by molar-refractivity contribution is -0.136. The standard InChI is InChI=1S/C22H20O4/c23-20(14-11-17-7-3-1-4-8-17)19(13-16-22(25)26)21(24)15-12-18-9-5-2-6-10-18/h1-12,14-15,23H,13,16H2,(H,25,26)/b14-11+,15-12+,20-19-. The Morgan fingerprint density at radius 2 is 1.23 bits per heavy atom. The van der Waals surface area contributed by atoms with E-state index in [1.54, 1.807) is 12.2 Å². The minimum absolute atomic E-state index is 0.0434. The summed E-state index contributed by atoms with van der Waals surface area (Å²) in [7, 11) is 0. The highest BCUT2D eigenvalue weighted by molar-refractivity contribution is 6.07. The normalized spacial score (nSPS) is 12.3. The molecular formula is C22H20O4. The third-order valence-corrected chi connectivity index (χ3v) is 3.66. The van der Waals surface area contributed by atoms with Crippen LogP contribution in [-0.4, -0.2) is 22.0 Å². The number of carboxylic acid groups (broad SMARTS) is 1. The van der Waals surface area contributed by atoms with Gasteiger partial charge < -0.3 is 10.2 Å². The first-order chi connectivity index (χ1) is 12.6. The van der Waals surface area contributed by atoms with Crippen molar-refractivity contribution in [3.8, 4) is 0 Å². The fraction of sp³-hybridized carbons (Fsp3) is 0.0909. The summed E-state index contributed by atoms with van der Waals surface area (Å²) in [5.41, 5.74) is 1.79. The van der Waals surface area contributed by atoms with Crippen molar-refractivity contribution in [2.75, 3.05) is 0 Å². The van der Waals surface area contributed by atoms with Crippen LogP contribution in [0.1, 0.15) is 24.0 Å². The Hall–Kier alpha value is -3.40. The highest BCUT2D eigenvalue weighted by atomic mass is 16.4. The Morgan fingerprint density at radius 1 is 0.731 bits per heavy atom. The van der Waals surface area contributed by atoms with Gasteiger partial charge in [0.25, 0.3) is 0 Å². The lowest BCUT2D eigenvalue weighted by Gasteiger charge is -2.04. The first-order valence-corrected chi connectivity index (χ1v) is 8.21. The largest absolute Gasteiger partial charge is 0.508 e. The van der Waals surface area contributed by atoms with Crippen LogP contribution in [0.4, 0.5) is 0 Å². The molecule has 132 valence electrons. The first-order valence-electron chi connectivity index (χ1n) is 8.21. The fourth-order valence-electron chi connectivity index (χ4n) is 2.29.